The molecule has 33 heavy (non-hydrogen) atoms. The number of carbonyl (C=O) groups is 1. The molecule has 2 aromatic heterocycles. The van der Waals surface area contributed by atoms with Crippen LogP contribution in [0.1, 0.15) is 25.1 Å². The van der Waals surface area contributed by atoms with Gasteiger partial charge in [-0.3, -0.25) is 9.78 Å². The fourth-order valence-electron chi connectivity index (χ4n) is 5.02. The molecule has 1 atom stereocenters. The van der Waals surface area contributed by atoms with Crippen molar-refractivity contribution >= 4 is 16.7 Å². The molecule has 0 radical (unpaired) electrons. The van der Waals surface area contributed by atoms with Crippen LogP contribution in [-0.4, -0.2) is 38.6 Å². The Labute approximate surface area is 190 Å². The summed E-state index contributed by atoms with van der Waals surface area (Å²) >= 11 is 0. The molecule has 1 aliphatic heterocycles. The second kappa shape index (κ2) is 7.78. The number of rotatable bonds is 6. The van der Waals surface area contributed by atoms with Crippen molar-refractivity contribution in [1.29, 1.82) is 0 Å². The molecule has 4 aromatic rings. The zero-order chi connectivity index (χ0) is 22.4. The van der Waals surface area contributed by atoms with Crippen LogP contribution in [0.5, 0.6) is 0 Å². The highest BCUT2D eigenvalue weighted by Crippen LogP contribution is 2.41. The summed E-state index contributed by atoms with van der Waals surface area (Å²) < 4.78 is 1.60. The predicted molar refractivity (Wildman–Crippen MR) is 126 cm³/mol. The number of pyridine rings is 1. The molecular formula is C26H25N5O2. The van der Waals surface area contributed by atoms with Gasteiger partial charge in [0, 0.05) is 41.4 Å². The number of nitrogens with one attached hydrogen (secondary N) is 2. The number of nitrogens with zero attached hydrogens (tertiary/aromatic N) is 3. The first kappa shape index (κ1) is 20.1. The standard InChI is InChI=1S/C26H25N5O2/c32-24(18-5-6-18)26(11-12-27-16-26)14-23-29-30-25(33)31(23)21-9-7-17(8-10-21)20-13-19-3-1-2-4-22(19)28-15-20/h1-4,7-10,13,15,18,27H,5-6,11-12,14,16H2,(H,30,33)/t26-/m0/s1. The minimum atomic E-state index is -0.471. The normalized spacial score (nSPS) is 20.4. The fourth-order valence-corrected chi connectivity index (χ4v) is 5.02. The lowest BCUT2D eigenvalue weighted by molar-refractivity contribution is -0.129. The van der Waals surface area contributed by atoms with Gasteiger partial charge in [-0.15, -0.1) is 0 Å². The molecule has 7 nitrogen and oxygen atoms in total. The Kier molecular flexibility index (Phi) is 4.73. The summed E-state index contributed by atoms with van der Waals surface area (Å²) in [6, 6.07) is 18.0. The molecule has 1 aliphatic carbocycles. The predicted octanol–water partition coefficient (Wildman–Crippen LogP) is 3.28. The van der Waals surface area contributed by atoms with Crippen LogP contribution in [0.4, 0.5) is 0 Å². The lowest BCUT2D eigenvalue weighted by Crippen LogP contribution is -2.38. The Bertz CT molecular complexity index is 1390. The van der Waals surface area contributed by atoms with Crippen molar-refractivity contribution in [2.24, 2.45) is 11.3 Å². The van der Waals surface area contributed by atoms with Gasteiger partial charge in [-0.1, -0.05) is 30.3 Å². The van der Waals surface area contributed by atoms with Gasteiger partial charge in [-0.2, -0.15) is 5.10 Å². The van der Waals surface area contributed by atoms with Gasteiger partial charge in [0.15, 0.2) is 0 Å². The highest BCUT2D eigenvalue weighted by molar-refractivity contribution is 5.89. The maximum Gasteiger partial charge on any atom is 0.347 e. The molecule has 7 heteroatoms. The van der Waals surface area contributed by atoms with E-state index in [-0.39, 0.29) is 11.6 Å². The molecule has 0 amide bonds. The van der Waals surface area contributed by atoms with Gasteiger partial charge in [-0.25, -0.2) is 14.5 Å². The number of aromatic amines is 1. The van der Waals surface area contributed by atoms with Gasteiger partial charge in [0.05, 0.1) is 11.2 Å². The number of Topliss-reactive ketones (excluding diaryl/α,β-unsaturated/α-hetero) is 1. The van der Waals surface area contributed by atoms with E-state index in [1.165, 1.54) is 0 Å². The summed E-state index contributed by atoms with van der Waals surface area (Å²) in [5.74, 6) is 1.12. The number of benzene rings is 2. The van der Waals surface area contributed by atoms with Crippen LogP contribution in [0.25, 0.3) is 27.7 Å². The van der Waals surface area contributed by atoms with Crippen LogP contribution < -0.4 is 11.0 Å². The number of ketones is 1. The van der Waals surface area contributed by atoms with Crippen molar-refractivity contribution in [3.8, 4) is 16.8 Å². The Morgan fingerprint density at radius 2 is 1.91 bits per heavy atom. The van der Waals surface area contributed by atoms with Gasteiger partial charge in [0.2, 0.25) is 0 Å². The molecule has 2 aromatic carbocycles. The number of hydrogen-bond donors (Lipinski definition) is 2. The molecule has 2 N–H and O–H groups in total. The molecule has 2 fully saturated rings. The molecule has 0 bridgehead atoms. The van der Waals surface area contributed by atoms with Crippen molar-refractivity contribution in [3.05, 3.63) is 77.1 Å². The highest BCUT2D eigenvalue weighted by Gasteiger charge is 2.48. The van der Waals surface area contributed by atoms with Gasteiger partial charge in [-0.05, 0) is 55.6 Å². The van der Waals surface area contributed by atoms with Gasteiger partial charge < -0.3 is 5.32 Å². The van der Waals surface area contributed by atoms with Gasteiger partial charge in [0.1, 0.15) is 11.6 Å². The van der Waals surface area contributed by atoms with Crippen LogP contribution >= 0.6 is 0 Å². The first-order valence-corrected chi connectivity index (χ1v) is 11.5. The minimum Gasteiger partial charge on any atom is -0.316 e. The average molecular weight is 440 g/mol. The molecule has 0 unspecified atom stereocenters. The Morgan fingerprint density at radius 1 is 1.09 bits per heavy atom. The van der Waals surface area contributed by atoms with Crippen LogP contribution in [0.2, 0.25) is 0 Å². The average Bonchev–Trinajstić information content (AvgIpc) is 3.49. The first-order valence-electron chi connectivity index (χ1n) is 11.5. The topological polar surface area (TPSA) is 92.7 Å². The van der Waals surface area contributed by atoms with E-state index in [0.29, 0.717) is 24.6 Å². The SMILES string of the molecule is O=C(C1CC1)[C@]1(Cc2n[nH]c(=O)n2-c2ccc(-c3cnc4ccccc4c3)cc2)CCNC1. The van der Waals surface area contributed by atoms with Crippen molar-refractivity contribution in [2.45, 2.75) is 25.7 Å². The van der Waals surface area contributed by atoms with Crippen LogP contribution in [0.3, 0.4) is 0 Å². The molecule has 6 rings (SSSR count). The lowest BCUT2D eigenvalue weighted by Gasteiger charge is -2.26. The smallest absolute Gasteiger partial charge is 0.316 e. The second-order valence-electron chi connectivity index (χ2n) is 9.27. The van der Waals surface area contributed by atoms with E-state index in [4.69, 9.17) is 0 Å². The van der Waals surface area contributed by atoms with Crippen molar-refractivity contribution in [1.82, 2.24) is 25.1 Å². The van der Waals surface area contributed by atoms with E-state index in [2.05, 4.69) is 26.6 Å². The van der Waals surface area contributed by atoms with E-state index >= 15 is 0 Å². The fraction of sp³-hybridized carbons (Fsp3) is 0.308. The van der Waals surface area contributed by atoms with E-state index in [0.717, 1.165) is 53.5 Å². The van der Waals surface area contributed by atoms with Crippen molar-refractivity contribution in [2.75, 3.05) is 13.1 Å². The summed E-state index contributed by atoms with van der Waals surface area (Å²) in [7, 11) is 0. The summed E-state index contributed by atoms with van der Waals surface area (Å²) in [5, 5.41) is 11.3. The largest absolute Gasteiger partial charge is 0.347 e. The molecule has 1 saturated carbocycles. The molecule has 2 aliphatic rings. The van der Waals surface area contributed by atoms with E-state index in [1.807, 2.05) is 54.7 Å². The first-order chi connectivity index (χ1) is 16.1. The Morgan fingerprint density at radius 3 is 2.67 bits per heavy atom. The third-order valence-electron chi connectivity index (χ3n) is 7.00. The Balaban J connectivity index is 1.32. The van der Waals surface area contributed by atoms with Gasteiger partial charge >= 0.3 is 5.69 Å². The monoisotopic (exact) mass is 439 g/mol. The number of hydrogen-bond acceptors (Lipinski definition) is 5. The summed E-state index contributed by atoms with van der Waals surface area (Å²) in [4.78, 5) is 30.3. The second-order valence-corrected chi connectivity index (χ2v) is 9.27. The maximum atomic E-state index is 13.1. The maximum absolute atomic E-state index is 13.1. The molecular weight excluding hydrogens is 414 g/mol. The van der Waals surface area contributed by atoms with Crippen LogP contribution in [0.15, 0.2) is 65.6 Å². The zero-order valence-corrected chi connectivity index (χ0v) is 18.3. The molecule has 0 spiro atoms. The quantitative estimate of drug-likeness (QED) is 0.481. The molecule has 1 saturated heterocycles. The summed E-state index contributed by atoms with van der Waals surface area (Å²) in [6.07, 6.45) is 5.09. The van der Waals surface area contributed by atoms with Gasteiger partial charge in [0.25, 0.3) is 0 Å². The van der Waals surface area contributed by atoms with Crippen molar-refractivity contribution < 1.29 is 4.79 Å². The number of fused-ring (bicyclic) bond motifs is 1. The zero-order valence-electron chi connectivity index (χ0n) is 18.3. The lowest BCUT2D eigenvalue weighted by atomic mass is 9.77. The Hall–Kier alpha value is -3.58. The summed E-state index contributed by atoms with van der Waals surface area (Å²) in [5.41, 5.74) is 2.98. The molecule has 166 valence electrons. The van der Waals surface area contributed by atoms with Crippen LogP contribution in [0, 0.1) is 11.3 Å². The number of H-pyrrole nitrogens is 1. The number of para-hydroxylation sites is 1. The van der Waals surface area contributed by atoms with Crippen LogP contribution in [-0.2, 0) is 11.2 Å². The van der Waals surface area contributed by atoms with E-state index in [9.17, 15) is 9.59 Å². The van der Waals surface area contributed by atoms with E-state index in [1.54, 1.807) is 4.57 Å². The number of carbonyl (C=O) groups excluding carboxylic acids is 1. The number of aromatic nitrogens is 4. The third kappa shape index (κ3) is 3.58. The highest BCUT2D eigenvalue weighted by atomic mass is 16.2. The minimum absolute atomic E-state index is 0.180. The van der Waals surface area contributed by atoms with Crippen molar-refractivity contribution in [3.63, 3.8) is 0 Å². The van der Waals surface area contributed by atoms with E-state index < -0.39 is 5.41 Å². The summed E-state index contributed by atoms with van der Waals surface area (Å²) in [6.45, 7) is 1.47. The third-order valence-corrected chi connectivity index (χ3v) is 7.00. The molecule has 3 heterocycles.